The molecule has 2 aromatic carbocycles. The summed E-state index contributed by atoms with van der Waals surface area (Å²) < 4.78 is 15.6. The topological polar surface area (TPSA) is 77.8 Å². The number of ether oxygens (including phenoxy) is 2. The number of methoxy groups -OCH3 is 2. The number of carbonyl (C=O) groups is 2. The molecule has 0 radical (unpaired) electrons. The molecule has 0 aliphatic heterocycles. The number of carbonyl (C=O) groups excluding carboxylic acids is 2. The minimum atomic E-state index is -0.486. The summed E-state index contributed by atoms with van der Waals surface area (Å²) >= 11 is 0. The Balaban J connectivity index is 1.70. The molecule has 1 amide bonds. The Hall–Kier alpha value is -3.28. The highest BCUT2D eigenvalue weighted by Gasteiger charge is 2.15. The van der Waals surface area contributed by atoms with Crippen LogP contribution >= 0.6 is 0 Å². The molecule has 0 spiro atoms. The number of furan rings is 1. The van der Waals surface area contributed by atoms with Crippen LogP contribution in [0.5, 0.6) is 5.75 Å². The van der Waals surface area contributed by atoms with Crippen LogP contribution in [0.4, 0.5) is 0 Å². The molecule has 0 aliphatic rings. The normalized spacial score (nSPS) is 10.7. The summed E-state index contributed by atoms with van der Waals surface area (Å²) in [7, 11) is 2.80. The van der Waals surface area contributed by atoms with Gasteiger partial charge in [-0.25, -0.2) is 4.79 Å². The predicted molar refractivity (Wildman–Crippen MR) is 106 cm³/mol. The van der Waals surface area contributed by atoms with Crippen LogP contribution in [-0.4, -0.2) is 26.1 Å². The number of rotatable bonds is 6. The molecule has 0 saturated carbocycles. The van der Waals surface area contributed by atoms with E-state index in [4.69, 9.17) is 13.9 Å². The molecule has 146 valence electrons. The molecule has 1 N–H and O–H groups in total. The van der Waals surface area contributed by atoms with Crippen molar-refractivity contribution >= 4 is 22.8 Å². The Morgan fingerprint density at radius 1 is 1.11 bits per heavy atom. The second kappa shape index (κ2) is 8.17. The number of nitrogens with one attached hydrogen (secondary N) is 1. The van der Waals surface area contributed by atoms with Crippen molar-refractivity contribution in [3.05, 3.63) is 64.4 Å². The first kappa shape index (κ1) is 19.5. The van der Waals surface area contributed by atoms with Gasteiger partial charge in [0.1, 0.15) is 16.9 Å². The predicted octanol–water partition coefficient (Wildman–Crippen LogP) is 3.70. The van der Waals surface area contributed by atoms with Crippen LogP contribution in [0.15, 0.2) is 41.0 Å². The van der Waals surface area contributed by atoms with E-state index < -0.39 is 5.97 Å². The van der Waals surface area contributed by atoms with Crippen molar-refractivity contribution < 1.29 is 23.5 Å². The molecule has 1 heterocycles. The van der Waals surface area contributed by atoms with Gasteiger partial charge in [-0.1, -0.05) is 18.2 Å². The molecule has 6 heteroatoms. The summed E-state index contributed by atoms with van der Waals surface area (Å²) in [6.07, 6.45) is 1.86. The summed E-state index contributed by atoms with van der Waals surface area (Å²) in [4.78, 5) is 24.3. The molecule has 0 bridgehead atoms. The number of amides is 1. The number of aryl methyl sites for hydroxylation is 2. The van der Waals surface area contributed by atoms with Crippen molar-refractivity contribution in [3.63, 3.8) is 0 Å². The fourth-order valence-electron chi connectivity index (χ4n) is 3.10. The minimum absolute atomic E-state index is 0.128. The van der Waals surface area contributed by atoms with Crippen molar-refractivity contribution in [2.24, 2.45) is 0 Å². The maximum atomic E-state index is 12.4. The molecule has 0 aliphatic carbocycles. The molecule has 0 atom stereocenters. The lowest BCUT2D eigenvalue weighted by Gasteiger charge is -2.10. The number of benzene rings is 2. The SMILES string of the molecule is COC(=O)c1cc(CNC(=O)Cc2coc3c(C)c(C)ccc23)ccc1OC. The molecule has 3 aromatic rings. The maximum absolute atomic E-state index is 12.4. The van der Waals surface area contributed by atoms with E-state index in [0.717, 1.165) is 33.2 Å². The quantitative estimate of drug-likeness (QED) is 0.659. The molecular formula is C22H23NO5. The Bertz CT molecular complexity index is 1030. The van der Waals surface area contributed by atoms with E-state index in [1.54, 1.807) is 24.5 Å². The fourth-order valence-corrected chi connectivity index (χ4v) is 3.10. The van der Waals surface area contributed by atoms with Crippen molar-refractivity contribution in [2.75, 3.05) is 14.2 Å². The third-order valence-corrected chi connectivity index (χ3v) is 4.85. The van der Waals surface area contributed by atoms with Crippen LogP contribution < -0.4 is 10.1 Å². The van der Waals surface area contributed by atoms with Gasteiger partial charge in [0.25, 0.3) is 0 Å². The third kappa shape index (κ3) is 3.86. The van der Waals surface area contributed by atoms with Gasteiger partial charge in [0.05, 0.1) is 26.9 Å². The Labute approximate surface area is 163 Å². The number of hydrogen-bond acceptors (Lipinski definition) is 5. The lowest BCUT2D eigenvalue weighted by Crippen LogP contribution is -2.24. The number of hydrogen-bond donors (Lipinski definition) is 1. The fraction of sp³-hybridized carbons (Fsp3) is 0.273. The molecule has 6 nitrogen and oxygen atoms in total. The van der Waals surface area contributed by atoms with Gasteiger partial charge in [0.15, 0.2) is 0 Å². The van der Waals surface area contributed by atoms with Crippen LogP contribution in [0, 0.1) is 13.8 Å². The number of esters is 1. The second-order valence-corrected chi connectivity index (χ2v) is 6.62. The second-order valence-electron chi connectivity index (χ2n) is 6.62. The van der Waals surface area contributed by atoms with Crippen LogP contribution in [0.2, 0.25) is 0 Å². The number of fused-ring (bicyclic) bond motifs is 1. The highest BCUT2D eigenvalue weighted by atomic mass is 16.5. The minimum Gasteiger partial charge on any atom is -0.496 e. The van der Waals surface area contributed by atoms with Gasteiger partial charge in [0, 0.05) is 17.5 Å². The van der Waals surface area contributed by atoms with E-state index in [-0.39, 0.29) is 12.3 Å². The lowest BCUT2D eigenvalue weighted by atomic mass is 10.0. The molecular weight excluding hydrogens is 358 g/mol. The van der Waals surface area contributed by atoms with Crippen molar-refractivity contribution in [3.8, 4) is 5.75 Å². The molecule has 0 saturated heterocycles. The molecule has 0 unspecified atom stereocenters. The van der Waals surface area contributed by atoms with E-state index in [1.807, 2.05) is 26.0 Å². The lowest BCUT2D eigenvalue weighted by molar-refractivity contribution is -0.120. The molecule has 1 aromatic heterocycles. The standard InChI is InChI=1S/C22H23NO5/c1-13-5-7-17-16(12-28-21(17)14(13)2)10-20(24)23-11-15-6-8-19(26-3)18(9-15)22(25)27-4/h5-9,12H,10-11H2,1-4H3,(H,23,24). The van der Waals surface area contributed by atoms with Crippen molar-refractivity contribution in [1.82, 2.24) is 5.32 Å². The Morgan fingerprint density at radius 3 is 2.61 bits per heavy atom. The summed E-state index contributed by atoms with van der Waals surface area (Å²) in [5.41, 5.74) is 5.00. The van der Waals surface area contributed by atoms with Gasteiger partial charge in [-0.05, 0) is 42.7 Å². The van der Waals surface area contributed by atoms with Gasteiger partial charge >= 0.3 is 5.97 Å². The van der Waals surface area contributed by atoms with E-state index in [2.05, 4.69) is 5.32 Å². The average Bonchev–Trinajstić information content (AvgIpc) is 3.11. The first-order valence-electron chi connectivity index (χ1n) is 8.92. The average molecular weight is 381 g/mol. The van der Waals surface area contributed by atoms with Gasteiger partial charge in [-0.15, -0.1) is 0 Å². The summed E-state index contributed by atoms with van der Waals surface area (Å²) in [5, 5.41) is 3.83. The third-order valence-electron chi connectivity index (χ3n) is 4.85. The van der Waals surface area contributed by atoms with Gasteiger partial charge in [-0.3, -0.25) is 4.79 Å². The largest absolute Gasteiger partial charge is 0.496 e. The van der Waals surface area contributed by atoms with E-state index in [9.17, 15) is 9.59 Å². The highest BCUT2D eigenvalue weighted by Crippen LogP contribution is 2.27. The first-order chi connectivity index (χ1) is 13.4. The molecule has 0 fully saturated rings. The summed E-state index contributed by atoms with van der Waals surface area (Å²) in [6, 6.07) is 9.15. The zero-order valence-corrected chi connectivity index (χ0v) is 16.4. The van der Waals surface area contributed by atoms with Crippen LogP contribution in [0.1, 0.15) is 32.6 Å². The van der Waals surface area contributed by atoms with E-state index in [0.29, 0.717) is 17.9 Å². The van der Waals surface area contributed by atoms with Gasteiger partial charge < -0.3 is 19.2 Å². The zero-order valence-electron chi connectivity index (χ0n) is 16.4. The Kier molecular flexibility index (Phi) is 5.68. The van der Waals surface area contributed by atoms with Crippen molar-refractivity contribution in [2.45, 2.75) is 26.8 Å². The maximum Gasteiger partial charge on any atom is 0.341 e. The summed E-state index contributed by atoms with van der Waals surface area (Å²) in [6.45, 7) is 4.33. The van der Waals surface area contributed by atoms with E-state index >= 15 is 0 Å². The van der Waals surface area contributed by atoms with E-state index in [1.165, 1.54) is 14.2 Å². The molecule has 28 heavy (non-hydrogen) atoms. The smallest absolute Gasteiger partial charge is 0.341 e. The summed E-state index contributed by atoms with van der Waals surface area (Å²) in [5.74, 6) is -0.186. The van der Waals surface area contributed by atoms with Gasteiger partial charge in [-0.2, -0.15) is 0 Å². The first-order valence-corrected chi connectivity index (χ1v) is 8.92. The van der Waals surface area contributed by atoms with Crippen molar-refractivity contribution in [1.29, 1.82) is 0 Å². The van der Waals surface area contributed by atoms with Crippen LogP contribution in [0.25, 0.3) is 11.0 Å². The van der Waals surface area contributed by atoms with Crippen LogP contribution in [0.3, 0.4) is 0 Å². The van der Waals surface area contributed by atoms with Crippen LogP contribution in [-0.2, 0) is 22.5 Å². The Morgan fingerprint density at radius 2 is 1.89 bits per heavy atom. The monoisotopic (exact) mass is 381 g/mol. The molecule has 3 rings (SSSR count). The zero-order chi connectivity index (χ0) is 20.3. The van der Waals surface area contributed by atoms with Gasteiger partial charge in [0.2, 0.25) is 5.91 Å². The highest BCUT2D eigenvalue weighted by molar-refractivity contribution is 5.93.